The minimum absolute atomic E-state index is 0.0522. The van der Waals surface area contributed by atoms with Crippen LogP contribution in [0.3, 0.4) is 0 Å². The molecule has 2 bridgehead atoms. The minimum Gasteiger partial charge on any atom is -0.341 e. The number of anilines is 1. The van der Waals surface area contributed by atoms with Crippen molar-refractivity contribution in [2.75, 3.05) is 18.0 Å². The summed E-state index contributed by atoms with van der Waals surface area (Å²) in [6.45, 7) is 1.49. The zero-order valence-corrected chi connectivity index (χ0v) is 15.7. The molecule has 3 fully saturated rings. The van der Waals surface area contributed by atoms with E-state index in [4.69, 9.17) is 11.6 Å². The molecule has 3 aliphatic rings. The average molecular weight is 391 g/mol. The molecule has 0 radical (unpaired) electrons. The first-order valence-electron chi connectivity index (χ1n) is 9.45. The zero-order chi connectivity index (χ0) is 19.0. The molecule has 7 nitrogen and oxygen atoms in total. The van der Waals surface area contributed by atoms with Gasteiger partial charge in [-0.2, -0.15) is 0 Å². The lowest BCUT2D eigenvalue weighted by Gasteiger charge is -2.24. The zero-order valence-electron chi connectivity index (χ0n) is 15.0. The van der Waals surface area contributed by atoms with Gasteiger partial charge in [0.25, 0.3) is 5.91 Å². The molecule has 2 N–H and O–H groups in total. The fourth-order valence-corrected chi connectivity index (χ4v) is 4.28. The third-order valence-corrected chi connectivity index (χ3v) is 5.88. The van der Waals surface area contributed by atoms with E-state index in [-0.39, 0.29) is 18.2 Å². The van der Waals surface area contributed by atoms with Gasteiger partial charge in [-0.05, 0) is 49.9 Å². The van der Waals surface area contributed by atoms with Crippen molar-refractivity contribution in [3.05, 3.63) is 29.3 Å². The Morgan fingerprint density at radius 1 is 1.11 bits per heavy atom. The Hall–Kier alpha value is -2.12. The van der Waals surface area contributed by atoms with Crippen molar-refractivity contribution in [2.45, 2.75) is 50.2 Å². The maximum Gasteiger partial charge on any atom is 0.329 e. The number of nitrogens with one attached hydrogen (secondary N) is 2. The van der Waals surface area contributed by atoms with Gasteiger partial charge in [0.05, 0.1) is 5.69 Å². The first kappa shape index (κ1) is 18.3. The fraction of sp³-hybridized carbons (Fsp3) is 0.526. The number of benzene rings is 1. The number of nitrogens with zero attached hydrogens (tertiary/aromatic N) is 2. The van der Waals surface area contributed by atoms with Crippen molar-refractivity contribution < 1.29 is 14.4 Å². The maximum atomic E-state index is 12.6. The maximum absolute atomic E-state index is 12.6. The third-order valence-electron chi connectivity index (χ3n) is 5.63. The van der Waals surface area contributed by atoms with E-state index in [9.17, 15) is 14.4 Å². The van der Waals surface area contributed by atoms with Gasteiger partial charge in [0, 0.05) is 36.6 Å². The van der Waals surface area contributed by atoms with Crippen LogP contribution in [0.1, 0.15) is 32.1 Å². The minimum atomic E-state index is -0.668. The van der Waals surface area contributed by atoms with Crippen molar-refractivity contribution in [1.29, 1.82) is 0 Å². The van der Waals surface area contributed by atoms with Gasteiger partial charge in [0.2, 0.25) is 5.91 Å². The van der Waals surface area contributed by atoms with Gasteiger partial charge in [-0.25, -0.2) is 9.69 Å². The van der Waals surface area contributed by atoms with Crippen LogP contribution < -0.4 is 15.5 Å². The van der Waals surface area contributed by atoms with Crippen LogP contribution in [-0.2, 0) is 9.59 Å². The smallest absolute Gasteiger partial charge is 0.329 e. The highest BCUT2D eigenvalue weighted by atomic mass is 35.5. The van der Waals surface area contributed by atoms with Gasteiger partial charge < -0.3 is 15.5 Å². The van der Waals surface area contributed by atoms with Crippen LogP contribution in [0.4, 0.5) is 10.5 Å². The Bertz CT molecular complexity index is 754. The summed E-state index contributed by atoms with van der Waals surface area (Å²) in [5, 5.41) is 6.78. The van der Waals surface area contributed by atoms with E-state index in [0.717, 1.165) is 30.8 Å². The molecule has 0 aromatic heterocycles. The molecule has 4 rings (SSSR count). The van der Waals surface area contributed by atoms with Crippen molar-refractivity contribution in [1.82, 2.24) is 15.5 Å². The van der Waals surface area contributed by atoms with Gasteiger partial charge in [-0.3, -0.25) is 9.59 Å². The summed E-state index contributed by atoms with van der Waals surface area (Å²) in [4.78, 5) is 40.5. The first-order valence-corrected chi connectivity index (χ1v) is 9.83. The standard InChI is InChI=1S/C19H23ClN4O3/c20-12-1-5-15(6-2-12)24-18(26)16(22-19(24)27)7-8-17(25)23-10-9-13-3-4-14(11-23)21-13/h1-2,5-6,13-14,16,21H,3-4,7-11H2,(H,22,27). The van der Waals surface area contributed by atoms with Crippen LogP contribution in [0.2, 0.25) is 5.02 Å². The Kier molecular flexibility index (Phi) is 5.06. The Morgan fingerprint density at radius 2 is 1.85 bits per heavy atom. The number of amides is 4. The van der Waals surface area contributed by atoms with Crippen molar-refractivity contribution >= 4 is 35.1 Å². The molecule has 1 aromatic rings. The predicted octanol–water partition coefficient (Wildman–Crippen LogP) is 1.90. The van der Waals surface area contributed by atoms with E-state index >= 15 is 0 Å². The van der Waals surface area contributed by atoms with Crippen LogP contribution in [0.25, 0.3) is 0 Å². The van der Waals surface area contributed by atoms with Crippen LogP contribution in [-0.4, -0.2) is 54.0 Å². The molecule has 1 aromatic carbocycles. The molecule has 0 spiro atoms. The number of fused-ring (bicyclic) bond motifs is 2. The lowest BCUT2D eigenvalue weighted by Crippen LogP contribution is -2.40. The van der Waals surface area contributed by atoms with Crippen molar-refractivity contribution in [3.8, 4) is 0 Å². The quantitative estimate of drug-likeness (QED) is 0.769. The number of hydrogen-bond acceptors (Lipinski definition) is 4. The Balaban J connectivity index is 1.34. The van der Waals surface area contributed by atoms with Crippen molar-refractivity contribution in [3.63, 3.8) is 0 Å². The molecule has 3 saturated heterocycles. The molecule has 27 heavy (non-hydrogen) atoms. The number of carbonyl (C=O) groups is 3. The van der Waals surface area contributed by atoms with Crippen LogP contribution in [0.5, 0.6) is 0 Å². The topological polar surface area (TPSA) is 81.8 Å². The van der Waals surface area contributed by atoms with E-state index in [0.29, 0.717) is 29.2 Å². The van der Waals surface area contributed by atoms with E-state index in [1.807, 2.05) is 4.90 Å². The summed E-state index contributed by atoms with van der Waals surface area (Å²) in [5.74, 6) is -0.275. The number of halogens is 1. The molecule has 0 saturated carbocycles. The second kappa shape index (κ2) is 7.48. The number of hydrogen-bond donors (Lipinski definition) is 2. The number of likely N-dealkylation sites (tertiary alicyclic amines) is 1. The van der Waals surface area contributed by atoms with Crippen LogP contribution in [0.15, 0.2) is 24.3 Å². The monoisotopic (exact) mass is 390 g/mol. The van der Waals surface area contributed by atoms with Gasteiger partial charge in [-0.15, -0.1) is 0 Å². The third kappa shape index (κ3) is 3.80. The molecule has 0 aliphatic carbocycles. The van der Waals surface area contributed by atoms with Gasteiger partial charge in [-0.1, -0.05) is 11.6 Å². The summed E-state index contributed by atoms with van der Waals surface area (Å²) in [5.41, 5.74) is 0.477. The molecule has 3 unspecified atom stereocenters. The molecule has 3 atom stereocenters. The highest BCUT2D eigenvalue weighted by Gasteiger charge is 2.39. The second-order valence-corrected chi connectivity index (χ2v) is 7.89. The van der Waals surface area contributed by atoms with E-state index in [1.165, 1.54) is 6.42 Å². The van der Waals surface area contributed by atoms with Crippen LogP contribution in [0, 0.1) is 0 Å². The van der Waals surface area contributed by atoms with Gasteiger partial charge >= 0.3 is 6.03 Å². The molecule has 4 amide bonds. The molecule has 8 heteroatoms. The SMILES string of the molecule is O=C(CCC1NC(=O)N(c2ccc(Cl)cc2)C1=O)N1CCC2CCC(C1)N2. The van der Waals surface area contributed by atoms with Crippen molar-refractivity contribution in [2.24, 2.45) is 0 Å². The molecule has 3 heterocycles. The number of carbonyl (C=O) groups excluding carboxylic acids is 3. The summed E-state index contributed by atoms with van der Waals surface area (Å²) in [6.07, 6.45) is 3.84. The van der Waals surface area contributed by atoms with E-state index < -0.39 is 12.1 Å². The second-order valence-electron chi connectivity index (χ2n) is 7.46. The molecule has 144 valence electrons. The summed E-state index contributed by atoms with van der Waals surface area (Å²) in [7, 11) is 0. The first-order chi connectivity index (χ1) is 13.0. The Morgan fingerprint density at radius 3 is 2.63 bits per heavy atom. The lowest BCUT2D eigenvalue weighted by atomic mass is 10.1. The molecule has 3 aliphatic heterocycles. The molecular weight excluding hydrogens is 368 g/mol. The van der Waals surface area contributed by atoms with E-state index in [1.54, 1.807) is 24.3 Å². The fourth-order valence-electron chi connectivity index (χ4n) is 4.16. The van der Waals surface area contributed by atoms with Gasteiger partial charge in [0.1, 0.15) is 6.04 Å². The number of rotatable bonds is 4. The lowest BCUT2D eigenvalue weighted by molar-refractivity contribution is -0.131. The van der Waals surface area contributed by atoms with Gasteiger partial charge in [0.15, 0.2) is 0 Å². The summed E-state index contributed by atoms with van der Waals surface area (Å²) >= 11 is 5.86. The highest BCUT2D eigenvalue weighted by Crippen LogP contribution is 2.24. The average Bonchev–Trinajstić information content (AvgIpc) is 3.12. The number of imide groups is 1. The summed E-state index contributed by atoms with van der Waals surface area (Å²) in [6, 6.07) is 6.31. The Labute approximate surface area is 163 Å². The number of urea groups is 1. The highest BCUT2D eigenvalue weighted by molar-refractivity contribution is 6.30. The summed E-state index contributed by atoms with van der Waals surface area (Å²) < 4.78 is 0. The normalized spacial score (nSPS) is 27.7. The molecular formula is C19H23ClN4O3. The van der Waals surface area contributed by atoms with Crippen LogP contribution >= 0.6 is 11.6 Å². The largest absolute Gasteiger partial charge is 0.341 e. The predicted molar refractivity (Wildman–Crippen MR) is 102 cm³/mol. The van der Waals surface area contributed by atoms with E-state index in [2.05, 4.69) is 10.6 Å².